The van der Waals surface area contributed by atoms with Crippen molar-refractivity contribution in [1.82, 2.24) is 0 Å². The van der Waals surface area contributed by atoms with Crippen molar-refractivity contribution >= 4 is 23.1 Å². The molecular formula is C14H13BrMgO. The van der Waals surface area contributed by atoms with Gasteiger partial charge in [0, 0.05) is 5.75 Å². The molecule has 0 heterocycles. The molecule has 17 heavy (non-hydrogen) atoms. The largest absolute Gasteiger partial charge is 2.00 e. The second-order valence-corrected chi connectivity index (χ2v) is 3.45. The van der Waals surface area contributed by atoms with Gasteiger partial charge in [-0.2, -0.15) is 18.2 Å². The van der Waals surface area contributed by atoms with E-state index in [1.165, 1.54) is 11.1 Å². The number of rotatable bonds is 3. The van der Waals surface area contributed by atoms with Crippen molar-refractivity contribution in [3.8, 4) is 5.75 Å². The van der Waals surface area contributed by atoms with Crippen LogP contribution in [0.25, 0.3) is 0 Å². The van der Waals surface area contributed by atoms with Crippen LogP contribution in [0.2, 0.25) is 0 Å². The molecule has 1 nitrogen and oxygen atoms in total. The second-order valence-electron chi connectivity index (χ2n) is 3.45. The van der Waals surface area contributed by atoms with E-state index in [-0.39, 0.29) is 40.0 Å². The molecule has 0 amide bonds. The molecule has 3 heteroatoms. The summed E-state index contributed by atoms with van der Waals surface area (Å²) in [6.45, 7) is 2.71. The van der Waals surface area contributed by atoms with E-state index in [0.717, 1.165) is 5.75 Å². The first-order valence-corrected chi connectivity index (χ1v) is 5.00. The molecule has 0 saturated carbocycles. The van der Waals surface area contributed by atoms with E-state index in [4.69, 9.17) is 4.74 Å². The van der Waals surface area contributed by atoms with E-state index in [1.54, 1.807) is 0 Å². The van der Waals surface area contributed by atoms with Crippen molar-refractivity contribution in [2.75, 3.05) is 0 Å². The minimum absolute atomic E-state index is 0. The molecule has 0 fully saturated rings. The number of benzene rings is 2. The molecule has 0 aliphatic heterocycles. The predicted octanol–water partition coefficient (Wildman–Crippen LogP) is -0.00259. The second kappa shape index (κ2) is 8.56. The Kier molecular flexibility index (Phi) is 8.30. The molecule has 0 unspecified atom stereocenters. The topological polar surface area (TPSA) is 9.23 Å². The van der Waals surface area contributed by atoms with Crippen molar-refractivity contribution in [1.29, 1.82) is 0 Å². The molecule has 0 atom stereocenters. The van der Waals surface area contributed by atoms with Crippen molar-refractivity contribution in [2.24, 2.45) is 0 Å². The van der Waals surface area contributed by atoms with Gasteiger partial charge in [-0.15, -0.1) is 12.1 Å². The molecule has 0 aliphatic carbocycles. The summed E-state index contributed by atoms with van der Waals surface area (Å²) < 4.78 is 5.64. The van der Waals surface area contributed by atoms with Crippen LogP contribution in [0, 0.1) is 13.0 Å². The summed E-state index contributed by atoms with van der Waals surface area (Å²) in [6, 6.07) is 18.8. The summed E-state index contributed by atoms with van der Waals surface area (Å²) in [4.78, 5) is 0. The fourth-order valence-electron chi connectivity index (χ4n) is 1.40. The van der Waals surface area contributed by atoms with Crippen LogP contribution in [0.3, 0.4) is 0 Å². The van der Waals surface area contributed by atoms with Crippen LogP contribution in [-0.2, 0) is 6.61 Å². The summed E-state index contributed by atoms with van der Waals surface area (Å²) >= 11 is 0. The summed E-state index contributed by atoms with van der Waals surface area (Å²) in [7, 11) is 0. The summed E-state index contributed by atoms with van der Waals surface area (Å²) in [6.07, 6.45) is 0. The molecule has 0 N–H and O–H groups in total. The van der Waals surface area contributed by atoms with Crippen LogP contribution in [0.4, 0.5) is 0 Å². The van der Waals surface area contributed by atoms with Crippen molar-refractivity contribution in [2.45, 2.75) is 13.5 Å². The van der Waals surface area contributed by atoms with Crippen LogP contribution in [0.5, 0.6) is 5.75 Å². The smallest absolute Gasteiger partial charge is 1.00 e. The first kappa shape index (κ1) is 16.5. The first-order valence-electron chi connectivity index (χ1n) is 5.00. The molecule has 0 aromatic heterocycles. The Labute approximate surface area is 129 Å². The normalized spacial score (nSPS) is 8.76. The molecule has 0 aliphatic rings. The van der Waals surface area contributed by atoms with Gasteiger partial charge in [0.2, 0.25) is 0 Å². The van der Waals surface area contributed by atoms with E-state index in [1.807, 2.05) is 36.4 Å². The standard InChI is InChI=1S/C14H13O.BrH.Mg/c1-12-7-5-6-8-13(12)11-15-14-9-3-2-4-10-14;;/h2-3,5-10H,11H2,1H3;1H;/q-1;;+2/p-1. The van der Waals surface area contributed by atoms with Crippen molar-refractivity contribution < 1.29 is 21.7 Å². The van der Waals surface area contributed by atoms with Gasteiger partial charge in [-0.25, -0.2) is 0 Å². The molecule has 84 valence electrons. The fourth-order valence-corrected chi connectivity index (χ4v) is 1.40. The molecule has 2 aromatic carbocycles. The minimum Gasteiger partial charge on any atom is -1.00 e. The molecule has 2 rings (SSSR count). The number of ether oxygens (including phenoxy) is 1. The molecule has 2 aromatic rings. The van der Waals surface area contributed by atoms with E-state index in [9.17, 15) is 0 Å². The average Bonchev–Trinajstić information content (AvgIpc) is 2.29. The number of hydrogen-bond donors (Lipinski definition) is 0. The van der Waals surface area contributed by atoms with Crippen LogP contribution in [-0.4, -0.2) is 23.1 Å². The Hall–Kier alpha value is -0.514. The van der Waals surface area contributed by atoms with Crippen LogP contribution in [0.1, 0.15) is 11.1 Å². The fraction of sp³-hybridized carbons (Fsp3) is 0.143. The maximum atomic E-state index is 5.64. The van der Waals surface area contributed by atoms with Gasteiger partial charge in [-0.1, -0.05) is 24.3 Å². The first-order chi connectivity index (χ1) is 7.36. The molecule has 0 radical (unpaired) electrons. The Morgan fingerprint density at radius 2 is 1.88 bits per heavy atom. The van der Waals surface area contributed by atoms with Crippen LogP contribution in [0.15, 0.2) is 48.5 Å². The third kappa shape index (κ3) is 5.11. The monoisotopic (exact) mass is 300 g/mol. The van der Waals surface area contributed by atoms with Gasteiger partial charge in [0.1, 0.15) is 0 Å². The van der Waals surface area contributed by atoms with E-state index < -0.39 is 0 Å². The molecule has 0 spiro atoms. The zero-order valence-electron chi connectivity index (χ0n) is 9.82. The van der Waals surface area contributed by atoms with Gasteiger partial charge in [0.15, 0.2) is 0 Å². The third-order valence-corrected chi connectivity index (χ3v) is 2.33. The summed E-state index contributed by atoms with van der Waals surface area (Å²) in [5, 5.41) is 0. The maximum absolute atomic E-state index is 5.64. The van der Waals surface area contributed by atoms with E-state index >= 15 is 0 Å². The van der Waals surface area contributed by atoms with Crippen LogP contribution < -0.4 is 21.7 Å². The van der Waals surface area contributed by atoms with E-state index in [2.05, 4.69) is 25.1 Å². The third-order valence-electron chi connectivity index (χ3n) is 2.33. The zero-order valence-corrected chi connectivity index (χ0v) is 12.8. The predicted molar refractivity (Wildman–Crippen MR) is 66.5 cm³/mol. The van der Waals surface area contributed by atoms with Crippen molar-refractivity contribution in [3.05, 3.63) is 65.7 Å². The average molecular weight is 301 g/mol. The van der Waals surface area contributed by atoms with Gasteiger partial charge >= 0.3 is 23.1 Å². The zero-order chi connectivity index (χ0) is 10.5. The minimum atomic E-state index is 0. The molecule has 0 bridgehead atoms. The SMILES string of the molecule is Cc1ccccc1COc1c[c-]ccc1.[Br-].[Mg+2]. The molecular weight excluding hydrogens is 288 g/mol. The van der Waals surface area contributed by atoms with Gasteiger partial charge in [-0.3, -0.25) is 0 Å². The number of hydrogen-bond acceptors (Lipinski definition) is 1. The Bertz CT molecular complexity index is 431. The Morgan fingerprint density at radius 3 is 2.53 bits per heavy atom. The van der Waals surface area contributed by atoms with Gasteiger partial charge in [0.05, 0.1) is 6.61 Å². The Balaban J connectivity index is 0.00000128. The number of aryl methyl sites for hydroxylation is 1. The summed E-state index contributed by atoms with van der Waals surface area (Å²) in [5.74, 6) is 0.862. The van der Waals surface area contributed by atoms with E-state index in [0.29, 0.717) is 6.61 Å². The van der Waals surface area contributed by atoms with Gasteiger partial charge in [-0.05, 0) is 18.1 Å². The maximum Gasteiger partial charge on any atom is 2.00 e. The van der Waals surface area contributed by atoms with Gasteiger partial charge in [0.25, 0.3) is 0 Å². The quantitative estimate of drug-likeness (QED) is 0.573. The molecule has 0 saturated heterocycles. The van der Waals surface area contributed by atoms with Crippen molar-refractivity contribution in [3.63, 3.8) is 0 Å². The number of halogens is 1. The van der Waals surface area contributed by atoms with Gasteiger partial charge < -0.3 is 21.7 Å². The van der Waals surface area contributed by atoms with Crippen LogP contribution >= 0.6 is 0 Å². The summed E-state index contributed by atoms with van der Waals surface area (Å²) in [5.41, 5.74) is 2.48. The Morgan fingerprint density at radius 1 is 1.12 bits per heavy atom.